The van der Waals surface area contributed by atoms with E-state index in [1.807, 2.05) is 0 Å². The molecule has 0 rings (SSSR count). The van der Waals surface area contributed by atoms with E-state index in [1.165, 1.54) is 85.0 Å². The van der Waals surface area contributed by atoms with Crippen molar-refractivity contribution >= 4 is 35.4 Å². The van der Waals surface area contributed by atoms with Gasteiger partial charge in [-0.25, -0.2) is 0 Å². The third-order valence-electron chi connectivity index (χ3n) is 3.79. The van der Waals surface area contributed by atoms with Crippen molar-refractivity contribution < 1.29 is 0 Å². The molecule has 19 heavy (non-hydrogen) atoms. The van der Waals surface area contributed by atoms with Crippen molar-refractivity contribution in [3.63, 3.8) is 0 Å². The van der Waals surface area contributed by atoms with Gasteiger partial charge >= 0.3 is 134 Å². The van der Waals surface area contributed by atoms with Crippen LogP contribution in [0.15, 0.2) is 0 Å². The van der Waals surface area contributed by atoms with E-state index in [4.69, 9.17) is 16.6 Å². The van der Waals surface area contributed by atoms with E-state index in [-0.39, 0.29) is 0 Å². The first-order valence-corrected chi connectivity index (χ1v) is 23.6. The fourth-order valence-corrected chi connectivity index (χ4v) is 14.1. The van der Waals surface area contributed by atoms with Crippen molar-refractivity contribution in [3.05, 3.63) is 0 Å². The molecule has 3 heteroatoms. The third kappa shape index (κ3) is 15.7. The summed E-state index contributed by atoms with van der Waals surface area (Å²) in [7, 11) is 13.2. The molecule has 0 bridgehead atoms. The summed E-state index contributed by atoms with van der Waals surface area (Å²) in [6.45, 7) is 4.53. The van der Waals surface area contributed by atoms with Crippen LogP contribution in [-0.2, 0) is 0 Å². The molecular weight excluding hydrogens is 470 g/mol. The number of hydrogen-bond donors (Lipinski definition) is 0. The SMILES string of the molecule is CCCCCCC[CH2][Pb]([Cl])([Cl])[CH2]CCCCCCC. The second kappa shape index (κ2) is 14.4. The molecule has 0 fully saturated rings. The fourth-order valence-electron chi connectivity index (χ4n) is 2.45. The van der Waals surface area contributed by atoms with Gasteiger partial charge in [0.1, 0.15) is 0 Å². The van der Waals surface area contributed by atoms with Gasteiger partial charge in [0.25, 0.3) is 0 Å². The molecule has 0 saturated heterocycles. The Morgan fingerprint density at radius 1 is 0.526 bits per heavy atom. The number of halogens is 2. The minimum absolute atomic E-state index is 1.19. The summed E-state index contributed by atoms with van der Waals surface area (Å²) in [5.74, 6) is 0. The normalized spacial score (nSPS) is 12.0. The molecule has 0 aromatic carbocycles. The maximum atomic E-state index is 6.60. The quantitative estimate of drug-likeness (QED) is 0.169. The van der Waals surface area contributed by atoms with E-state index >= 15 is 0 Å². The monoisotopic (exact) mass is 504 g/mol. The van der Waals surface area contributed by atoms with E-state index in [2.05, 4.69) is 13.8 Å². The van der Waals surface area contributed by atoms with Gasteiger partial charge in [0, 0.05) is 0 Å². The van der Waals surface area contributed by atoms with Crippen molar-refractivity contribution in [3.8, 4) is 0 Å². The molecule has 0 radical (unpaired) electrons. The summed E-state index contributed by atoms with van der Waals surface area (Å²) in [5, 5.41) is 0. The van der Waals surface area contributed by atoms with Crippen LogP contribution in [0.3, 0.4) is 0 Å². The summed E-state index contributed by atoms with van der Waals surface area (Å²) < 4.78 is 2.38. The van der Waals surface area contributed by atoms with Gasteiger partial charge in [0.15, 0.2) is 0 Å². The Morgan fingerprint density at radius 3 is 1.21 bits per heavy atom. The molecule has 0 atom stereocenters. The maximum absolute atomic E-state index is 6.60. The van der Waals surface area contributed by atoms with E-state index < -0.39 is 18.7 Å². The second-order valence-electron chi connectivity index (χ2n) is 5.89. The summed E-state index contributed by atoms with van der Waals surface area (Å²) >= 11 is -2.76. The molecular formula is C16H34Cl2Pb. The summed E-state index contributed by atoms with van der Waals surface area (Å²) in [6.07, 6.45) is 16.2. The molecule has 116 valence electrons. The van der Waals surface area contributed by atoms with Gasteiger partial charge in [0.2, 0.25) is 0 Å². The molecule has 0 aliphatic rings. The van der Waals surface area contributed by atoms with E-state index in [9.17, 15) is 0 Å². The molecule has 0 nitrogen and oxygen atoms in total. The fraction of sp³-hybridized carbons (Fsp3) is 1.00. The van der Waals surface area contributed by atoms with Gasteiger partial charge in [-0.15, -0.1) is 0 Å². The van der Waals surface area contributed by atoms with Gasteiger partial charge in [0.05, 0.1) is 0 Å². The topological polar surface area (TPSA) is 0 Å². The van der Waals surface area contributed by atoms with Gasteiger partial charge in [-0.2, -0.15) is 0 Å². The molecule has 0 aliphatic heterocycles. The van der Waals surface area contributed by atoms with Crippen molar-refractivity contribution in [2.75, 3.05) is 0 Å². The van der Waals surface area contributed by atoms with Crippen molar-refractivity contribution in [2.45, 2.75) is 98.9 Å². The van der Waals surface area contributed by atoms with Crippen LogP contribution in [-0.4, -0.2) is 18.7 Å². The van der Waals surface area contributed by atoms with Gasteiger partial charge in [-0.1, -0.05) is 0 Å². The molecule has 0 N–H and O–H groups in total. The average Bonchev–Trinajstić information content (AvgIpc) is 2.38. The van der Waals surface area contributed by atoms with Crippen molar-refractivity contribution in [1.29, 1.82) is 0 Å². The van der Waals surface area contributed by atoms with Crippen LogP contribution in [0.2, 0.25) is 7.96 Å². The predicted octanol–water partition coefficient (Wildman–Crippen LogP) is 7.63. The van der Waals surface area contributed by atoms with Crippen molar-refractivity contribution in [2.24, 2.45) is 0 Å². The molecule has 0 aromatic rings. The Bertz CT molecular complexity index is 166. The zero-order valence-electron chi connectivity index (χ0n) is 13.2. The van der Waals surface area contributed by atoms with Crippen LogP contribution < -0.4 is 0 Å². The van der Waals surface area contributed by atoms with Crippen LogP contribution in [0.25, 0.3) is 0 Å². The number of hydrogen-bond acceptors (Lipinski definition) is 0. The van der Waals surface area contributed by atoms with Crippen LogP contribution in [0.5, 0.6) is 0 Å². The summed E-state index contributed by atoms with van der Waals surface area (Å²) in [4.78, 5) is 0. The van der Waals surface area contributed by atoms with Crippen LogP contribution in [0.4, 0.5) is 0 Å². The molecule has 0 saturated carbocycles. The molecule has 0 spiro atoms. The Kier molecular flexibility index (Phi) is 15.6. The molecule has 0 aromatic heterocycles. The standard InChI is InChI=1S/2C8H17.2ClH.Pb/c2*1-3-5-7-8-6-4-2;;;/h2*1,3-8H2,2H3;2*1H;/q;;;;+2/p-2. The molecule has 0 heterocycles. The Morgan fingerprint density at radius 2 is 0.842 bits per heavy atom. The van der Waals surface area contributed by atoms with Crippen LogP contribution in [0, 0.1) is 0 Å². The first-order chi connectivity index (χ1) is 9.12. The molecule has 0 unspecified atom stereocenters. The Labute approximate surface area is 133 Å². The van der Waals surface area contributed by atoms with Crippen molar-refractivity contribution in [1.82, 2.24) is 0 Å². The first kappa shape index (κ1) is 20.5. The van der Waals surface area contributed by atoms with Crippen LogP contribution >= 0.6 is 16.6 Å². The van der Waals surface area contributed by atoms with E-state index in [0.717, 1.165) is 0 Å². The number of unbranched alkanes of at least 4 members (excludes halogenated alkanes) is 10. The van der Waals surface area contributed by atoms with Crippen LogP contribution in [0.1, 0.15) is 90.9 Å². The number of rotatable bonds is 14. The van der Waals surface area contributed by atoms with Gasteiger partial charge in [-0.3, -0.25) is 0 Å². The van der Waals surface area contributed by atoms with Gasteiger partial charge < -0.3 is 0 Å². The zero-order chi connectivity index (χ0) is 14.4. The molecule has 0 aliphatic carbocycles. The van der Waals surface area contributed by atoms with E-state index in [1.54, 1.807) is 0 Å². The Balaban J connectivity index is 3.36. The predicted molar refractivity (Wildman–Crippen MR) is 93.8 cm³/mol. The Hall–Kier alpha value is 1.50. The third-order valence-corrected chi connectivity index (χ3v) is 18.9. The van der Waals surface area contributed by atoms with Gasteiger partial charge in [-0.05, 0) is 0 Å². The summed E-state index contributed by atoms with van der Waals surface area (Å²) in [5.41, 5.74) is 0. The minimum atomic E-state index is -2.76. The van der Waals surface area contributed by atoms with E-state index in [0.29, 0.717) is 0 Å². The summed E-state index contributed by atoms with van der Waals surface area (Å²) in [6, 6.07) is 0. The second-order valence-corrected chi connectivity index (χ2v) is 30.8. The average molecular weight is 505 g/mol. The first-order valence-electron chi connectivity index (χ1n) is 8.50. The zero-order valence-corrected chi connectivity index (χ0v) is 18.6. The molecule has 0 amide bonds.